The van der Waals surface area contributed by atoms with Crippen LogP contribution in [0.2, 0.25) is 0 Å². The van der Waals surface area contributed by atoms with Crippen LogP contribution in [0.3, 0.4) is 0 Å². The van der Waals surface area contributed by atoms with E-state index in [0.717, 1.165) is 83.5 Å². The van der Waals surface area contributed by atoms with E-state index in [1.807, 2.05) is 140 Å². The van der Waals surface area contributed by atoms with Gasteiger partial charge in [-0.2, -0.15) is 75.8 Å². The topological polar surface area (TPSA) is 31.6 Å². The van der Waals surface area contributed by atoms with Crippen LogP contribution in [0.25, 0.3) is 11.1 Å². The van der Waals surface area contributed by atoms with Crippen LogP contribution < -0.4 is 0 Å². The zero-order chi connectivity index (χ0) is 66.1. The number of hydrogen-bond acceptors (Lipinski definition) is 20. The highest BCUT2D eigenvalue weighted by Gasteiger charge is 1.99. The van der Waals surface area contributed by atoms with Gasteiger partial charge in [0, 0.05) is 93.3 Å². The molecule has 11 rings (SSSR count). The van der Waals surface area contributed by atoms with Crippen LogP contribution in [-0.4, -0.2) is 10.2 Å². The summed E-state index contributed by atoms with van der Waals surface area (Å²) in [6.07, 6.45) is 0. The molecular weight excluding hydrogens is 1490 g/mol. The molecule has 22 heteroatoms. The fourth-order valence-electron chi connectivity index (χ4n) is 6.56. The van der Waals surface area contributed by atoms with Gasteiger partial charge < -0.3 is 0 Å². The predicted octanol–water partition coefficient (Wildman–Crippen LogP) is 24.6. The summed E-state index contributed by atoms with van der Waals surface area (Å²) in [6.45, 7) is 0. The van der Waals surface area contributed by atoms with Crippen molar-refractivity contribution in [3.05, 3.63) is 284 Å². The summed E-state index contributed by atoms with van der Waals surface area (Å²) < 4.78 is 1.40. The van der Waals surface area contributed by atoms with E-state index in [2.05, 4.69) is 315 Å². The van der Waals surface area contributed by atoms with Gasteiger partial charge in [0.15, 0.2) is 7.91 Å². The maximum absolute atomic E-state index is 4.70. The van der Waals surface area contributed by atoms with Crippen molar-refractivity contribution in [2.45, 2.75) is 93.3 Å². The first-order valence-electron chi connectivity index (χ1n) is 26.7. The van der Waals surface area contributed by atoms with Gasteiger partial charge in [0.25, 0.3) is 0 Å². The lowest BCUT2D eigenvalue weighted by Crippen LogP contribution is -1.85. The van der Waals surface area contributed by atoms with E-state index in [1.54, 1.807) is 11.8 Å². The van der Waals surface area contributed by atoms with Gasteiger partial charge >= 0.3 is 0 Å². The molecule has 90 heavy (non-hydrogen) atoms. The van der Waals surface area contributed by atoms with Crippen molar-refractivity contribution in [1.82, 2.24) is 10.2 Å². The molecule has 1 heterocycles. The van der Waals surface area contributed by atoms with E-state index in [4.69, 9.17) is 24.4 Å². The fraction of sp³-hybridized carbons (Fsp3) is 0.0882. The number of thiol groups is 16. The quantitative estimate of drug-likeness (QED) is 0.0525. The average molecular weight is 1560 g/mol. The minimum atomic E-state index is 0.699. The number of rotatable bonds is 9. The zero-order valence-electron chi connectivity index (χ0n) is 48.1. The van der Waals surface area contributed by atoms with E-state index in [1.165, 1.54) is 65.6 Å². The van der Waals surface area contributed by atoms with Crippen molar-refractivity contribution in [2.24, 2.45) is 0 Å². The van der Waals surface area contributed by atoms with Gasteiger partial charge in [-0.05, 0) is 196 Å². The van der Waals surface area contributed by atoms with Gasteiger partial charge in [-0.1, -0.05) is 138 Å². The van der Waals surface area contributed by atoms with Gasteiger partial charge in [-0.3, -0.25) is 10.2 Å². The van der Waals surface area contributed by atoms with Crippen molar-refractivity contribution in [3.8, 4) is 11.1 Å². The second kappa shape index (κ2) is 49.6. The van der Waals surface area contributed by atoms with Crippen molar-refractivity contribution < 1.29 is 0 Å². The molecule has 11 aromatic rings. The highest BCUT2D eigenvalue weighted by Crippen LogP contribution is 2.29. The van der Waals surface area contributed by atoms with Crippen molar-refractivity contribution in [2.75, 3.05) is 0 Å². The number of nitrogens with one attached hydrogen (secondary N) is 2. The maximum atomic E-state index is 4.70. The third-order valence-corrected chi connectivity index (χ3v) is 18.9. The van der Waals surface area contributed by atoms with Gasteiger partial charge in [-0.25, -0.2) is 0 Å². The normalized spacial score (nSPS) is 9.73. The van der Waals surface area contributed by atoms with E-state index < -0.39 is 0 Å². The molecule has 0 aliphatic rings. The Kier molecular flexibility index (Phi) is 45.4. The Balaban J connectivity index is 0.000000267. The average Bonchev–Trinajstić information content (AvgIpc) is 4.12. The largest absolute Gasteiger partial charge is 0.281 e. The molecule has 2 N–H and O–H groups in total. The first kappa shape index (κ1) is 82.4. The highest BCUT2D eigenvalue weighted by molar-refractivity contribution is 7.99. The third kappa shape index (κ3) is 37.4. The minimum absolute atomic E-state index is 0.699. The zero-order valence-corrected chi connectivity index (χ0v) is 65.7. The van der Waals surface area contributed by atoms with E-state index in [9.17, 15) is 0 Å². The van der Waals surface area contributed by atoms with Crippen molar-refractivity contribution in [3.63, 3.8) is 0 Å². The summed E-state index contributed by atoms with van der Waals surface area (Å²) in [4.78, 5) is 12.1. The van der Waals surface area contributed by atoms with Crippen LogP contribution in [0.5, 0.6) is 0 Å². The summed E-state index contributed by atoms with van der Waals surface area (Å²) in [5, 5.41) is 5.34. The summed E-state index contributed by atoms with van der Waals surface area (Å²) in [5.41, 5.74) is 10.0. The minimum Gasteiger partial charge on any atom is -0.281 e. The van der Waals surface area contributed by atoms with Crippen molar-refractivity contribution >= 4 is 250 Å². The molecule has 10 aromatic carbocycles. The number of aromatic amines is 2. The lowest BCUT2D eigenvalue weighted by molar-refractivity contribution is 1.07. The summed E-state index contributed by atoms with van der Waals surface area (Å²) in [5.74, 6) is 4.84. The molecule has 2 nitrogen and oxygen atoms in total. The molecule has 0 saturated carbocycles. The second-order valence-corrected chi connectivity index (χ2v) is 28.5. The Bertz CT molecular complexity index is 3570. The van der Waals surface area contributed by atoms with Crippen LogP contribution in [0.15, 0.2) is 301 Å². The van der Waals surface area contributed by atoms with Gasteiger partial charge in [0.2, 0.25) is 0 Å². The van der Waals surface area contributed by atoms with Gasteiger partial charge in [0.1, 0.15) is 0 Å². The van der Waals surface area contributed by atoms with E-state index in [-0.39, 0.29) is 0 Å². The van der Waals surface area contributed by atoms with Crippen LogP contribution in [0, 0.1) is 7.91 Å². The fourth-order valence-corrected chi connectivity index (χ4v) is 11.7. The first-order valence-corrected chi connectivity index (χ1v) is 37.4. The Hall–Kier alpha value is -1.85. The molecular formula is C68H70N2S20. The Morgan fingerprint density at radius 1 is 0.278 bits per heavy atom. The molecule has 0 unspecified atom stereocenters. The number of H-pyrrole nitrogens is 2. The molecule has 0 fully saturated rings. The highest BCUT2D eigenvalue weighted by atomic mass is 32.2. The molecule has 0 amide bonds. The Labute approximate surface area is 640 Å². The van der Waals surface area contributed by atoms with Crippen LogP contribution in [0.1, 0.15) is 33.4 Å². The van der Waals surface area contributed by atoms with Gasteiger partial charge in [-0.15, -0.1) is 126 Å². The molecule has 0 aliphatic carbocycles. The molecule has 0 saturated heterocycles. The first-order chi connectivity index (χ1) is 43.3. The standard InChI is InChI=1S/C12H10S3.C12H10S2.3C8H10S2.3C6H6S2.C2H2N2S3/c13-9-1-5-11(6-2-9)15-12-7-3-10(14)4-8-12;13-11-5-1-9(2-6-11)10-3-7-12(14)8-4-10;9-5-7-1-2-8(6-10)4-3-7;9-5-7-2-1-3-8(4-7)6-10;9-5-7-3-1-2-4-8(7)6-10;7-5-1-2-6(8)4-3-5;7-5-2-1-3-6(8)4-5;7-5-3-1-2-4-6(5)8;5-1-3-4-2(6)7-1/h1-8,13-14H;1-8,13-14H;3*1-4,9-10H,5-6H2;3*1-4,7-8H;(H,3,5)(H,4,6). The smallest absolute Gasteiger partial charge is 0.175 e. The molecule has 0 bridgehead atoms. The summed E-state index contributed by atoms with van der Waals surface area (Å²) in [7, 11) is 0. The maximum Gasteiger partial charge on any atom is 0.175 e. The lowest BCUT2D eigenvalue weighted by atomic mass is 10.1. The summed E-state index contributed by atoms with van der Waals surface area (Å²) >= 11 is 79.2. The van der Waals surface area contributed by atoms with Crippen LogP contribution in [0.4, 0.5) is 0 Å². The van der Waals surface area contributed by atoms with Crippen LogP contribution in [-0.2, 0) is 34.5 Å². The molecule has 0 spiro atoms. The molecule has 472 valence electrons. The Morgan fingerprint density at radius 2 is 0.567 bits per heavy atom. The predicted molar refractivity (Wildman–Crippen MR) is 451 cm³/mol. The second-order valence-electron chi connectivity index (χ2n) is 18.0. The third-order valence-electron chi connectivity index (χ3n) is 11.2. The monoisotopic (exact) mass is 1550 g/mol. The molecule has 0 atom stereocenters. The SMILES string of the molecule is S=c1[nH][nH]c(=S)s1.SCc1ccc(CS)cc1.SCc1cccc(CS)c1.SCc1ccccc1CS.Sc1ccc(-c2ccc(S)cc2)cc1.Sc1ccc(S)cc1.Sc1ccc(Sc2ccc(S)cc2)cc1.Sc1cccc(S)c1.Sc1ccccc1S. The molecule has 0 radical (unpaired) electrons. The number of aromatic nitrogens is 2. The number of hydrogen-bond donors (Lipinski definition) is 18. The van der Waals surface area contributed by atoms with E-state index in [0.29, 0.717) is 7.91 Å². The van der Waals surface area contributed by atoms with Gasteiger partial charge in [0.05, 0.1) is 0 Å². The number of benzene rings is 10. The molecule has 0 aliphatic heterocycles. The Morgan fingerprint density at radius 3 is 0.822 bits per heavy atom. The van der Waals surface area contributed by atoms with E-state index >= 15 is 0 Å². The summed E-state index contributed by atoms with van der Waals surface area (Å²) in [6, 6.07) is 80.3. The lowest BCUT2D eigenvalue weighted by Gasteiger charge is -2.01. The van der Waals surface area contributed by atoms with Crippen LogP contribution >= 0.6 is 250 Å². The van der Waals surface area contributed by atoms with Crippen molar-refractivity contribution in [1.29, 1.82) is 0 Å². The molecule has 1 aromatic heterocycles.